The molecule has 0 spiro atoms. The number of rotatable bonds is 5. The van der Waals surface area contributed by atoms with Gasteiger partial charge in [-0.25, -0.2) is 5.32 Å². The molecule has 0 aliphatic carbocycles. The second kappa shape index (κ2) is 8.56. The molecule has 0 aromatic carbocycles. The van der Waals surface area contributed by atoms with E-state index in [1.54, 1.807) is 0 Å². The Morgan fingerprint density at radius 1 is 1.00 bits per heavy atom. The number of hydrogen-bond donors (Lipinski definition) is 3. The van der Waals surface area contributed by atoms with Gasteiger partial charge in [-0.2, -0.15) is 26.3 Å². The van der Waals surface area contributed by atoms with E-state index < -0.39 is 66.7 Å². The molecule has 3 N–H and O–H groups in total. The van der Waals surface area contributed by atoms with E-state index in [1.807, 2.05) is 0 Å². The molecule has 0 saturated carbocycles. The van der Waals surface area contributed by atoms with Crippen molar-refractivity contribution in [1.82, 2.24) is 5.32 Å². The molecule has 176 valence electrons. The highest BCUT2D eigenvalue weighted by Gasteiger charge is 2.78. The molecule has 31 heavy (non-hydrogen) atoms. The number of nitrogens with one attached hydrogen (secondary N) is 1. The van der Waals surface area contributed by atoms with E-state index in [0.29, 0.717) is 11.3 Å². The summed E-state index contributed by atoms with van der Waals surface area (Å²) in [5.74, 6) is -11.3. The van der Waals surface area contributed by atoms with E-state index in [9.17, 15) is 46.1 Å². The van der Waals surface area contributed by atoms with Gasteiger partial charge < -0.3 is 19.7 Å². The number of aliphatic hydroxyl groups is 2. The van der Waals surface area contributed by atoms with Gasteiger partial charge >= 0.3 is 24.3 Å². The summed E-state index contributed by atoms with van der Waals surface area (Å²) in [6.07, 6.45) is -11.8. The lowest BCUT2D eigenvalue weighted by atomic mass is 9.66. The van der Waals surface area contributed by atoms with Crippen molar-refractivity contribution in [2.24, 2.45) is 11.8 Å². The normalized spacial score (nSPS) is 31.9. The Balaban J connectivity index is 2.89. The van der Waals surface area contributed by atoms with Crippen molar-refractivity contribution >= 4 is 23.3 Å². The van der Waals surface area contributed by atoms with Crippen molar-refractivity contribution in [3.63, 3.8) is 0 Å². The number of halogens is 6. The number of piperidine rings is 1. The Bertz CT molecular complexity index is 752. The van der Waals surface area contributed by atoms with Gasteiger partial charge in [0.2, 0.25) is 11.4 Å². The highest BCUT2D eigenvalue weighted by Crippen LogP contribution is 2.56. The molecule has 2 heterocycles. The zero-order valence-corrected chi connectivity index (χ0v) is 16.9. The Labute approximate surface area is 175 Å². The topological polar surface area (TPSA) is 105 Å². The van der Waals surface area contributed by atoms with Gasteiger partial charge in [0.15, 0.2) is 0 Å². The van der Waals surface area contributed by atoms with Crippen LogP contribution in [0.5, 0.6) is 0 Å². The number of ether oxygens (including phenoxy) is 2. The smallest absolute Gasteiger partial charge is 0.432 e. The van der Waals surface area contributed by atoms with Gasteiger partial charge in [0, 0.05) is 10.8 Å². The van der Waals surface area contributed by atoms with Gasteiger partial charge in [-0.1, -0.05) is 6.07 Å². The average Bonchev–Trinajstić information content (AvgIpc) is 3.13. The van der Waals surface area contributed by atoms with Crippen LogP contribution in [-0.2, 0) is 19.1 Å². The molecule has 1 aromatic rings. The van der Waals surface area contributed by atoms with E-state index in [4.69, 9.17) is 0 Å². The third kappa shape index (κ3) is 4.25. The average molecular weight is 479 g/mol. The summed E-state index contributed by atoms with van der Waals surface area (Å²) in [5.41, 5.74) is -9.19. The summed E-state index contributed by atoms with van der Waals surface area (Å²) < 4.78 is 92.5. The highest BCUT2D eigenvalue weighted by atomic mass is 32.1. The SMILES string of the molecule is CCOC(=O)[C@@H]1C(c2cccs2)[C@H](C(=O)OCC)[C@@](O)(C(F)(F)F)N[C@@]1(O)C(F)(F)F. The summed E-state index contributed by atoms with van der Waals surface area (Å²) in [6, 6.07) is 2.33. The lowest BCUT2D eigenvalue weighted by Gasteiger charge is -2.53. The fraction of sp³-hybridized carbons (Fsp3) is 0.647. The number of thiophene rings is 1. The van der Waals surface area contributed by atoms with E-state index in [-0.39, 0.29) is 4.88 Å². The monoisotopic (exact) mass is 479 g/mol. The van der Waals surface area contributed by atoms with Gasteiger partial charge in [-0.3, -0.25) is 9.59 Å². The molecule has 1 unspecified atom stereocenters. The molecular formula is C17H19F6NO6S. The molecule has 0 amide bonds. The van der Waals surface area contributed by atoms with Crippen LogP contribution in [-0.4, -0.2) is 59.2 Å². The molecule has 2 rings (SSSR count). The second-order valence-electron chi connectivity index (χ2n) is 6.65. The number of alkyl halides is 6. The van der Waals surface area contributed by atoms with Gasteiger partial charge in [-0.15, -0.1) is 11.3 Å². The minimum Gasteiger partial charge on any atom is -0.466 e. The van der Waals surface area contributed by atoms with Crippen molar-refractivity contribution in [2.75, 3.05) is 13.2 Å². The van der Waals surface area contributed by atoms with Crippen molar-refractivity contribution in [3.8, 4) is 0 Å². The first-order chi connectivity index (χ1) is 14.2. The summed E-state index contributed by atoms with van der Waals surface area (Å²) in [4.78, 5) is 24.7. The van der Waals surface area contributed by atoms with Crippen LogP contribution in [0.1, 0.15) is 24.6 Å². The molecule has 1 aliphatic heterocycles. The fourth-order valence-electron chi connectivity index (χ4n) is 3.56. The Kier molecular flexibility index (Phi) is 7.00. The first-order valence-electron chi connectivity index (χ1n) is 8.89. The van der Waals surface area contributed by atoms with E-state index >= 15 is 0 Å². The second-order valence-corrected chi connectivity index (χ2v) is 7.63. The van der Waals surface area contributed by atoms with Gasteiger partial charge in [0.25, 0.3) is 0 Å². The number of carbonyl (C=O) groups excluding carboxylic acids is 2. The quantitative estimate of drug-likeness (QED) is 0.440. The van der Waals surface area contributed by atoms with Crippen LogP contribution in [0.4, 0.5) is 26.3 Å². The molecule has 5 atom stereocenters. The standard InChI is InChI=1S/C17H19F6NO6S/c1-3-29-12(25)10-9(8-6-5-7-31-8)11(13(26)30-4-2)15(28,17(21,22)23)24-14(10,27)16(18,19)20/h5-7,9-11,24,27-28H,3-4H2,1-2H3/t9?,10-,11+,14-,15+. The first kappa shape index (κ1) is 25.4. The highest BCUT2D eigenvalue weighted by molar-refractivity contribution is 7.10. The fourth-order valence-corrected chi connectivity index (χ4v) is 4.46. The van der Waals surface area contributed by atoms with Crippen LogP contribution in [0.3, 0.4) is 0 Å². The van der Waals surface area contributed by atoms with Crippen molar-refractivity contribution < 1.29 is 55.6 Å². The van der Waals surface area contributed by atoms with E-state index in [0.717, 1.165) is 11.4 Å². The maximum atomic E-state index is 13.9. The van der Waals surface area contributed by atoms with Crippen LogP contribution in [0.25, 0.3) is 0 Å². The lowest BCUT2D eigenvalue weighted by molar-refractivity contribution is -0.376. The summed E-state index contributed by atoms with van der Waals surface area (Å²) >= 11 is 0.630. The third-order valence-electron chi connectivity index (χ3n) is 4.82. The molecule has 0 radical (unpaired) electrons. The number of hydrogen-bond acceptors (Lipinski definition) is 8. The van der Waals surface area contributed by atoms with E-state index in [1.165, 1.54) is 25.3 Å². The van der Waals surface area contributed by atoms with Crippen molar-refractivity contribution in [1.29, 1.82) is 0 Å². The maximum Gasteiger partial charge on any atom is 0.432 e. The van der Waals surface area contributed by atoms with Gasteiger partial charge in [0.05, 0.1) is 13.2 Å². The predicted octanol–water partition coefficient (Wildman–Crippen LogP) is 2.30. The number of carbonyl (C=O) groups is 2. The Hall–Kier alpha value is -1.90. The van der Waals surface area contributed by atoms with Gasteiger partial charge in [0.1, 0.15) is 11.8 Å². The maximum absolute atomic E-state index is 13.9. The molecule has 0 bridgehead atoms. The molecule has 1 saturated heterocycles. The largest absolute Gasteiger partial charge is 0.466 e. The lowest BCUT2D eigenvalue weighted by Crippen LogP contribution is -2.81. The van der Waals surface area contributed by atoms with Gasteiger partial charge in [-0.05, 0) is 25.3 Å². The van der Waals surface area contributed by atoms with E-state index in [2.05, 4.69) is 9.47 Å². The minimum atomic E-state index is -5.89. The minimum absolute atomic E-state index is 0.303. The van der Waals surface area contributed by atoms with Crippen LogP contribution < -0.4 is 5.32 Å². The summed E-state index contributed by atoms with van der Waals surface area (Å²) in [7, 11) is 0. The summed E-state index contributed by atoms with van der Waals surface area (Å²) in [5, 5.41) is 22.8. The van der Waals surface area contributed by atoms with Crippen LogP contribution in [0, 0.1) is 11.8 Å². The zero-order chi connectivity index (χ0) is 23.8. The molecule has 14 heteroatoms. The third-order valence-corrected chi connectivity index (χ3v) is 5.79. The van der Waals surface area contributed by atoms with Crippen LogP contribution in [0.15, 0.2) is 17.5 Å². The number of esters is 2. The molecule has 1 aliphatic rings. The zero-order valence-electron chi connectivity index (χ0n) is 16.1. The van der Waals surface area contributed by atoms with Crippen LogP contribution in [0.2, 0.25) is 0 Å². The molecule has 7 nitrogen and oxygen atoms in total. The Morgan fingerprint density at radius 2 is 1.42 bits per heavy atom. The first-order valence-corrected chi connectivity index (χ1v) is 9.77. The Morgan fingerprint density at radius 3 is 1.71 bits per heavy atom. The predicted molar refractivity (Wildman–Crippen MR) is 92.5 cm³/mol. The summed E-state index contributed by atoms with van der Waals surface area (Å²) in [6.45, 7) is 1.54. The van der Waals surface area contributed by atoms with Crippen molar-refractivity contribution in [2.45, 2.75) is 43.6 Å². The molecule has 1 fully saturated rings. The van der Waals surface area contributed by atoms with Crippen LogP contribution >= 0.6 is 11.3 Å². The molecule has 1 aromatic heterocycles. The van der Waals surface area contributed by atoms with Crippen molar-refractivity contribution in [3.05, 3.63) is 22.4 Å². The molecular weight excluding hydrogens is 460 g/mol.